The molecule has 0 radical (unpaired) electrons. The molecule has 0 aliphatic rings. The van der Waals surface area contributed by atoms with Gasteiger partial charge < -0.3 is 10.5 Å². The van der Waals surface area contributed by atoms with Crippen LogP contribution >= 0.6 is 0 Å². The molecule has 0 spiro atoms. The van der Waals surface area contributed by atoms with Gasteiger partial charge in [-0.05, 0) is 24.1 Å². The van der Waals surface area contributed by atoms with Gasteiger partial charge in [-0.2, -0.15) is 18.2 Å². The molecule has 2 rings (SSSR count). The molecule has 0 saturated carbocycles. The molecule has 4 nitrogen and oxygen atoms in total. The molecule has 0 bridgehead atoms. The van der Waals surface area contributed by atoms with Crippen LogP contribution in [0, 0.1) is 0 Å². The highest BCUT2D eigenvalue weighted by Crippen LogP contribution is 2.31. The zero-order chi connectivity index (χ0) is 15.5. The highest BCUT2D eigenvalue weighted by molar-refractivity contribution is 5.33. The fourth-order valence-corrected chi connectivity index (χ4v) is 1.77. The number of hydrogen-bond acceptors (Lipinski definition) is 4. The third kappa shape index (κ3) is 4.08. The fraction of sp³-hybridized carbons (Fsp3) is 0.286. The Morgan fingerprint density at radius 1 is 1.14 bits per heavy atom. The van der Waals surface area contributed by atoms with Crippen LogP contribution in [0.5, 0.6) is 11.6 Å². The summed E-state index contributed by atoms with van der Waals surface area (Å²) >= 11 is 0. The lowest BCUT2D eigenvalue weighted by Crippen LogP contribution is -2.11. The van der Waals surface area contributed by atoms with Crippen LogP contribution in [0.25, 0.3) is 0 Å². The number of aryl methyl sites for hydroxylation is 1. The number of aromatic nitrogens is 2. The summed E-state index contributed by atoms with van der Waals surface area (Å²) < 4.78 is 43.2. The van der Waals surface area contributed by atoms with Crippen LogP contribution in [-0.2, 0) is 12.6 Å². The van der Waals surface area contributed by atoms with Gasteiger partial charge in [-0.25, -0.2) is 4.98 Å². The predicted octanol–water partition coefficient (Wildman–Crippen LogP) is 3.82. The van der Waals surface area contributed by atoms with Gasteiger partial charge in [0.25, 0.3) is 0 Å². The Balaban J connectivity index is 2.21. The van der Waals surface area contributed by atoms with E-state index in [-0.39, 0.29) is 5.88 Å². The van der Waals surface area contributed by atoms with Crippen LogP contribution in [0.4, 0.5) is 19.1 Å². The monoisotopic (exact) mass is 297 g/mol. The zero-order valence-corrected chi connectivity index (χ0v) is 11.3. The van der Waals surface area contributed by atoms with Crippen molar-refractivity contribution in [3.05, 3.63) is 41.6 Å². The topological polar surface area (TPSA) is 61.0 Å². The molecule has 0 unspecified atom stereocenters. The van der Waals surface area contributed by atoms with E-state index in [1.807, 2.05) is 12.1 Å². The fourth-order valence-electron chi connectivity index (χ4n) is 1.77. The Morgan fingerprint density at radius 3 is 2.38 bits per heavy atom. The molecule has 0 atom stereocenters. The maximum absolute atomic E-state index is 12.6. The molecule has 1 heterocycles. The lowest BCUT2D eigenvalue weighted by molar-refractivity contribution is -0.141. The number of nitrogens with zero attached hydrogens (tertiary/aromatic N) is 2. The number of ether oxygens (including phenoxy) is 1. The third-order valence-electron chi connectivity index (χ3n) is 2.69. The lowest BCUT2D eigenvalue weighted by Gasteiger charge is -2.10. The minimum absolute atomic E-state index is 0.238. The lowest BCUT2D eigenvalue weighted by atomic mass is 10.1. The summed E-state index contributed by atoms with van der Waals surface area (Å²) in [6.07, 6.45) is -2.66. The Hall–Kier alpha value is -2.31. The molecule has 0 amide bonds. The molecule has 112 valence electrons. The van der Waals surface area contributed by atoms with Gasteiger partial charge in [0.1, 0.15) is 5.75 Å². The van der Waals surface area contributed by atoms with Gasteiger partial charge in [0, 0.05) is 6.07 Å². The van der Waals surface area contributed by atoms with E-state index < -0.39 is 17.8 Å². The number of alkyl halides is 3. The smallest absolute Gasteiger partial charge is 0.433 e. The summed E-state index contributed by atoms with van der Waals surface area (Å²) in [6, 6.07) is 7.78. The predicted molar refractivity (Wildman–Crippen MR) is 72.0 cm³/mol. The van der Waals surface area contributed by atoms with Gasteiger partial charge in [-0.15, -0.1) is 0 Å². The maximum atomic E-state index is 12.6. The first-order valence-electron chi connectivity index (χ1n) is 6.37. The number of halogens is 3. The molecular weight excluding hydrogens is 283 g/mol. The maximum Gasteiger partial charge on any atom is 0.433 e. The minimum Gasteiger partial charge on any atom is -0.439 e. The van der Waals surface area contributed by atoms with E-state index in [9.17, 15) is 13.2 Å². The Kier molecular flexibility index (Phi) is 4.30. The van der Waals surface area contributed by atoms with Crippen LogP contribution in [0.2, 0.25) is 0 Å². The van der Waals surface area contributed by atoms with E-state index in [0.29, 0.717) is 5.75 Å². The van der Waals surface area contributed by atoms with Gasteiger partial charge in [0.2, 0.25) is 11.8 Å². The molecule has 2 aromatic rings. The van der Waals surface area contributed by atoms with Gasteiger partial charge in [0.05, 0.1) is 0 Å². The van der Waals surface area contributed by atoms with Crippen molar-refractivity contribution in [2.24, 2.45) is 0 Å². The minimum atomic E-state index is -4.60. The molecule has 21 heavy (non-hydrogen) atoms. The first-order valence-corrected chi connectivity index (χ1v) is 6.37. The number of benzene rings is 1. The van der Waals surface area contributed by atoms with Crippen LogP contribution in [0.3, 0.4) is 0 Å². The highest BCUT2D eigenvalue weighted by Gasteiger charge is 2.33. The number of hydrogen-bond donors (Lipinski definition) is 1. The van der Waals surface area contributed by atoms with Crippen LogP contribution in [-0.4, -0.2) is 9.97 Å². The SMILES string of the molecule is CCCc1ccc(Oc2cc(C(F)(F)F)nc(N)n2)cc1. The molecule has 0 fully saturated rings. The Bertz CT molecular complexity index is 612. The molecule has 1 aromatic carbocycles. The summed E-state index contributed by atoms with van der Waals surface area (Å²) in [5, 5.41) is 0. The quantitative estimate of drug-likeness (QED) is 0.931. The van der Waals surface area contributed by atoms with Gasteiger partial charge in [-0.3, -0.25) is 0 Å². The standard InChI is InChI=1S/C14H14F3N3O/c1-2-3-9-4-6-10(7-5-9)21-12-8-11(14(15,16)17)19-13(18)20-12/h4-8H,2-3H2,1H3,(H2,18,19,20). The molecule has 7 heteroatoms. The summed E-state index contributed by atoms with van der Waals surface area (Å²) in [4.78, 5) is 6.79. The summed E-state index contributed by atoms with van der Waals surface area (Å²) in [5.41, 5.74) is 5.27. The normalized spacial score (nSPS) is 11.4. The van der Waals surface area contributed by atoms with Crippen molar-refractivity contribution in [1.82, 2.24) is 9.97 Å². The van der Waals surface area contributed by atoms with Gasteiger partial charge in [-0.1, -0.05) is 25.5 Å². The van der Waals surface area contributed by atoms with E-state index in [1.165, 1.54) is 0 Å². The van der Waals surface area contributed by atoms with Gasteiger partial charge in [0.15, 0.2) is 5.69 Å². The highest BCUT2D eigenvalue weighted by atomic mass is 19.4. The Morgan fingerprint density at radius 2 is 1.81 bits per heavy atom. The molecule has 2 N–H and O–H groups in total. The average molecular weight is 297 g/mol. The van der Waals surface area contributed by atoms with Crippen LogP contribution in [0.1, 0.15) is 24.6 Å². The molecule has 0 saturated heterocycles. The second-order valence-electron chi connectivity index (χ2n) is 4.44. The van der Waals surface area contributed by atoms with Crippen molar-refractivity contribution in [2.75, 3.05) is 5.73 Å². The van der Waals surface area contributed by atoms with Crippen molar-refractivity contribution >= 4 is 5.95 Å². The first-order chi connectivity index (χ1) is 9.88. The number of rotatable bonds is 4. The van der Waals surface area contributed by atoms with E-state index in [2.05, 4.69) is 16.9 Å². The van der Waals surface area contributed by atoms with Crippen molar-refractivity contribution in [2.45, 2.75) is 25.9 Å². The van der Waals surface area contributed by atoms with E-state index >= 15 is 0 Å². The number of nitrogens with two attached hydrogens (primary N) is 1. The second-order valence-corrected chi connectivity index (χ2v) is 4.44. The summed E-state index contributed by atoms with van der Waals surface area (Å²) in [7, 11) is 0. The van der Waals surface area contributed by atoms with Crippen LogP contribution in [0.15, 0.2) is 30.3 Å². The molecule has 0 aliphatic heterocycles. The van der Waals surface area contributed by atoms with Crippen molar-refractivity contribution < 1.29 is 17.9 Å². The molecule has 0 aliphatic carbocycles. The van der Waals surface area contributed by atoms with E-state index in [4.69, 9.17) is 10.5 Å². The zero-order valence-electron chi connectivity index (χ0n) is 11.3. The van der Waals surface area contributed by atoms with Crippen molar-refractivity contribution in [1.29, 1.82) is 0 Å². The largest absolute Gasteiger partial charge is 0.439 e. The van der Waals surface area contributed by atoms with Crippen molar-refractivity contribution in [3.8, 4) is 11.6 Å². The molecule has 1 aromatic heterocycles. The number of nitrogen functional groups attached to an aromatic ring is 1. The molecular formula is C14H14F3N3O. The second kappa shape index (κ2) is 5.99. The van der Waals surface area contributed by atoms with E-state index in [1.54, 1.807) is 12.1 Å². The first kappa shape index (κ1) is 15.1. The van der Waals surface area contributed by atoms with E-state index in [0.717, 1.165) is 24.5 Å². The van der Waals surface area contributed by atoms with Crippen molar-refractivity contribution in [3.63, 3.8) is 0 Å². The van der Waals surface area contributed by atoms with Gasteiger partial charge >= 0.3 is 6.18 Å². The third-order valence-corrected chi connectivity index (χ3v) is 2.69. The van der Waals surface area contributed by atoms with Crippen LogP contribution < -0.4 is 10.5 Å². The number of anilines is 1. The summed E-state index contributed by atoms with van der Waals surface area (Å²) in [5.74, 6) is -0.332. The average Bonchev–Trinajstić information content (AvgIpc) is 2.40. The summed E-state index contributed by atoms with van der Waals surface area (Å²) in [6.45, 7) is 2.06. The Labute approximate surface area is 119 Å².